The summed E-state index contributed by atoms with van der Waals surface area (Å²) in [7, 11) is 1.56. The molecule has 0 saturated heterocycles. The van der Waals surface area contributed by atoms with Crippen molar-refractivity contribution in [2.45, 2.75) is 19.8 Å². The summed E-state index contributed by atoms with van der Waals surface area (Å²) in [6.07, 6.45) is 0.175. The number of nitrogens with zero attached hydrogens (tertiary/aromatic N) is 1. The van der Waals surface area contributed by atoms with Crippen molar-refractivity contribution in [2.75, 3.05) is 18.9 Å². The molecule has 0 spiro atoms. The highest BCUT2D eigenvalue weighted by atomic mass is 79.9. The van der Waals surface area contributed by atoms with Gasteiger partial charge in [-0.1, -0.05) is 44.0 Å². The van der Waals surface area contributed by atoms with E-state index in [-0.39, 0.29) is 37.0 Å². The van der Waals surface area contributed by atoms with Crippen LogP contribution in [0, 0.1) is 6.92 Å². The van der Waals surface area contributed by atoms with Crippen molar-refractivity contribution in [3.63, 3.8) is 0 Å². The Morgan fingerprint density at radius 1 is 0.963 bits per heavy atom. The van der Waals surface area contributed by atoms with Gasteiger partial charge in [0.15, 0.2) is 5.78 Å². The molecule has 0 atom stereocenters. The van der Waals surface area contributed by atoms with Crippen molar-refractivity contribution in [1.29, 1.82) is 0 Å². The quantitative estimate of drug-likeness (QED) is 0.571. The minimum absolute atomic E-state index is 0.0655. The van der Waals surface area contributed by atoms with Gasteiger partial charge in [-0.05, 0) is 42.8 Å². The first-order valence-corrected chi connectivity index (χ1v) is 9.93. The highest BCUT2D eigenvalue weighted by molar-refractivity contribution is 9.10. The molecule has 0 heterocycles. The molecule has 0 aliphatic rings. The normalized spacial score (nSPS) is 10.4. The molecule has 27 heavy (non-hydrogen) atoms. The maximum Gasteiger partial charge on any atom is 0.243 e. The van der Waals surface area contributed by atoms with Crippen LogP contribution in [0.4, 0.5) is 5.69 Å². The fourth-order valence-corrected chi connectivity index (χ4v) is 3.19. The summed E-state index contributed by atoms with van der Waals surface area (Å²) in [6, 6.07) is 12.5. The summed E-state index contributed by atoms with van der Waals surface area (Å²) < 4.78 is 1.82. The standard InChI is InChI=1S/C20H20Br2N2O3/c1-13-11-16(22)7-8-17(13)23-19(26)12-24(2)20(27)10-9-18(25)14-3-5-15(21)6-4-14/h3-8,11H,9-10,12H2,1-2H3,(H,23,26). The molecule has 0 unspecified atom stereocenters. The number of benzene rings is 2. The number of anilines is 1. The van der Waals surface area contributed by atoms with Crippen LogP contribution in [0.1, 0.15) is 28.8 Å². The minimum Gasteiger partial charge on any atom is -0.336 e. The number of likely N-dealkylation sites (N-methyl/N-ethyl adjacent to an activating group) is 1. The zero-order chi connectivity index (χ0) is 20.0. The molecule has 7 heteroatoms. The molecule has 0 saturated carbocycles. The third-order valence-electron chi connectivity index (χ3n) is 4.00. The summed E-state index contributed by atoms with van der Waals surface area (Å²) in [5.41, 5.74) is 2.19. The van der Waals surface area contributed by atoms with Crippen LogP contribution in [0.2, 0.25) is 0 Å². The van der Waals surface area contributed by atoms with Crippen LogP contribution >= 0.6 is 31.9 Å². The van der Waals surface area contributed by atoms with Crippen molar-refractivity contribution >= 4 is 55.1 Å². The van der Waals surface area contributed by atoms with Crippen LogP contribution in [0.5, 0.6) is 0 Å². The molecule has 0 bridgehead atoms. The van der Waals surface area contributed by atoms with Gasteiger partial charge >= 0.3 is 0 Å². The second kappa shape index (κ2) is 9.80. The number of aryl methyl sites for hydroxylation is 1. The first-order valence-electron chi connectivity index (χ1n) is 8.35. The van der Waals surface area contributed by atoms with Crippen molar-refractivity contribution in [3.8, 4) is 0 Å². The first-order chi connectivity index (χ1) is 12.8. The summed E-state index contributed by atoms with van der Waals surface area (Å²) in [6.45, 7) is 1.82. The summed E-state index contributed by atoms with van der Waals surface area (Å²) in [5.74, 6) is -0.627. The van der Waals surface area contributed by atoms with E-state index in [0.717, 1.165) is 14.5 Å². The van der Waals surface area contributed by atoms with Gasteiger partial charge in [0.1, 0.15) is 0 Å². The van der Waals surface area contributed by atoms with Crippen LogP contribution in [-0.2, 0) is 9.59 Å². The molecule has 0 radical (unpaired) electrons. The van der Waals surface area contributed by atoms with E-state index in [4.69, 9.17) is 0 Å². The van der Waals surface area contributed by atoms with Gasteiger partial charge in [-0.2, -0.15) is 0 Å². The topological polar surface area (TPSA) is 66.5 Å². The summed E-state index contributed by atoms with van der Waals surface area (Å²) in [4.78, 5) is 37.9. The largest absolute Gasteiger partial charge is 0.336 e. The number of amides is 2. The molecular formula is C20H20Br2N2O3. The van der Waals surface area contributed by atoms with E-state index in [1.807, 2.05) is 19.1 Å². The number of hydrogen-bond donors (Lipinski definition) is 1. The Labute approximate surface area is 175 Å². The molecule has 2 amide bonds. The van der Waals surface area contributed by atoms with Crippen LogP contribution in [0.25, 0.3) is 0 Å². The van der Waals surface area contributed by atoms with Crippen molar-refractivity contribution in [2.24, 2.45) is 0 Å². The number of nitrogens with one attached hydrogen (secondary N) is 1. The van der Waals surface area contributed by atoms with Gasteiger partial charge in [-0.3, -0.25) is 14.4 Å². The van der Waals surface area contributed by atoms with Crippen molar-refractivity contribution in [3.05, 3.63) is 62.5 Å². The minimum atomic E-state index is -0.282. The van der Waals surface area contributed by atoms with E-state index in [0.29, 0.717) is 11.3 Å². The summed E-state index contributed by atoms with van der Waals surface area (Å²) >= 11 is 6.69. The van der Waals surface area contributed by atoms with Crippen LogP contribution in [0.15, 0.2) is 51.4 Å². The number of hydrogen-bond acceptors (Lipinski definition) is 3. The Balaban J connectivity index is 1.83. The smallest absolute Gasteiger partial charge is 0.243 e. The zero-order valence-electron chi connectivity index (χ0n) is 15.1. The maximum absolute atomic E-state index is 12.2. The van der Waals surface area contributed by atoms with Crippen LogP contribution in [0.3, 0.4) is 0 Å². The number of carbonyl (C=O) groups excluding carboxylic acids is 3. The first kappa shape index (κ1) is 21.3. The average molecular weight is 496 g/mol. The number of carbonyl (C=O) groups is 3. The Bertz CT molecular complexity index is 851. The van der Waals surface area contributed by atoms with E-state index in [9.17, 15) is 14.4 Å². The molecule has 142 valence electrons. The Kier molecular flexibility index (Phi) is 7.74. The van der Waals surface area contributed by atoms with Gasteiger partial charge in [-0.15, -0.1) is 0 Å². The molecular weight excluding hydrogens is 476 g/mol. The fourth-order valence-electron chi connectivity index (χ4n) is 2.45. The molecule has 2 aromatic rings. The lowest BCUT2D eigenvalue weighted by molar-refractivity contribution is -0.133. The Morgan fingerprint density at radius 3 is 2.22 bits per heavy atom. The molecule has 0 fully saturated rings. The molecule has 1 N–H and O–H groups in total. The molecule has 5 nitrogen and oxygen atoms in total. The fraction of sp³-hybridized carbons (Fsp3) is 0.250. The van der Waals surface area contributed by atoms with E-state index in [1.165, 1.54) is 4.90 Å². The third-order valence-corrected chi connectivity index (χ3v) is 5.02. The molecule has 2 aromatic carbocycles. The van der Waals surface area contributed by atoms with Gasteiger partial charge in [0, 0.05) is 40.1 Å². The maximum atomic E-state index is 12.2. The van der Waals surface area contributed by atoms with E-state index in [2.05, 4.69) is 37.2 Å². The second-order valence-electron chi connectivity index (χ2n) is 6.19. The van der Waals surface area contributed by atoms with Gasteiger partial charge < -0.3 is 10.2 Å². The number of halogens is 2. The molecule has 0 aliphatic carbocycles. The number of Topliss-reactive ketones (excluding diaryl/α,β-unsaturated/α-hetero) is 1. The summed E-state index contributed by atoms with van der Waals surface area (Å²) in [5, 5.41) is 2.79. The highest BCUT2D eigenvalue weighted by Gasteiger charge is 2.16. The Morgan fingerprint density at radius 2 is 1.59 bits per heavy atom. The monoisotopic (exact) mass is 494 g/mol. The van der Waals surface area contributed by atoms with Crippen molar-refractivity contribution < 1.29 is 14.4 Å². The lowest BCUT2D eigenvalue weighted by Gasteiger charge is -2.17. The number of ketones is 1. The van der Waals surface area contributed by atoms with Crippen LogP contribution in [-0.4, -0.2) is 36.1 Å². The highest BCUT2D eigenvalue weighted by Crippen LogP contribution is 2.20. The third kappa shape index (κ3) is 6.59. The van der Waals surface area contributed by atoms with E-state index < -0.39 is 0 Å². The number of rotatable bonds is 7. The molecule has 0 aromatic heterocycles. The van der Waals surface area contributed by atoms with Gasteiger partial charge in [0.2, 0.25) is 11.8 Å². The SMILES string of the molecule is Cc1cc(Br)ccc1NC(=O)CN(C)C(=O)CCC(=O)c1ccc(Br)cc1. The van der Waals surface area contributed by atoms with Gasteiger partial charge in [-0.25, -0.2) is 0 Å². The zero-order valence-corrected chi connectivity index (χ0v) is 18.3. The van der Waals surface area contributed by atoms with E-state index in [1.54, 1.807) is 37.4 Å². The van der Waals surface area contributed by atoms with Crippen molar-refractivity contribution in [1.82, 2.24) is 4.90 Å². The average Bonchev–Trinajstić information content (AvgIpc) is 2.62. The lowest BCUT2D eigenvalue weighted by atomic mass is 10.1. The lowest BCUT2D eigenvalue weighted by Crippen LogP contribution is -2.35. The van der Waals surface area contributed by atoms with Gasteiger partial charge in [0.05, 0.1) is 6.54 Å². The predicted octanol–water partition coefficient (Wildman–Crippen LogP) is 4.58. The molecule has 2 rings (SSSR count). The van der Waals surface area contributed by atoms with Gasteiger partial charge in [0.25, 0.3) is 0 Å². The molecule has 0 aliphatic heterocycles. The predicted molar refractivity (Wildman–Crippen MR) is 113 cm³/mol. The second-order valence-corrected chi connectivity index (χ2v) is 8.02. The van der Waals surface area contributed by atoms with Crippen LogP contribution < -0.4 is 5.32 Å². The van der Waals surface area contributed by atoms with E-state index >= 15 is 0 Å². The Hall–Kier alpha value is -1.99.